The molecule has 1 rings (SSSR count). The minimum Gasteiger partial charge on any atom is -0.314 e. The van der Waals surface area contributed by atoms with Gasteiger partial charge in [-0.3, -0.25) is 0 Å². The average molecular weight is 268 g/mol. The van der Waals surface area contributed by atoms with Gasteiger partial charge in [0.15, 0.2) is 0 Å². The average Bonchev–Trinajstić information content (AvgIpc) is 2.47. The SMILES string of the molecule is CCCCC(CC)CC(NCCC)C1CCCCC1. The maximum atomic E-state index is 3.88. The number of hydrogen-bond donors (Lipinski definition) is 1. The van der Waals surface area contributed by atoms with Crippen molar-refractivity contribution in [1.82, 2.24) is 5.32 Å². The molecule has 0 saturated heterocycles. The van der Waals surface area contributed by atoms with Gasteiger partial charge in [0, 0.05) is 6.04 Å². The van der Waals surface area contributed by atoms with Crippen molar-refractivity contribution in [3.05, 3.63) is 0 Å². The van der Waals surface area contributed by atoms with Crippen molar-refractivity contribution < 1.29 is 0 Å². The smallest absolute Gasteiger partial charge is 0.00979 e. The second-order valence-corrected chi connectivity index (χ2v) is 6.61. The normalized spacial score (nSPS) is 20.4. The molecule has 0 aromatic rings. The van der Waals surface area contributed by atoms with Crippen molar-refractivity contribution >= 4 is 0 Å². The summed E-state index contributed by atoms with van der Waals surface area (Å²) >= 11 is 0. The minimum atomic E-state index is 0.807. The Morgan fingerprint density at radius 3 is 2.32 bits per heavy atom. The van der Waals surface area contributed by atoms with Gasteiger partial charge in [-0.25, -0.2) is 0 Å². The third-order valence-electron chi connectivity index (χ3n) is 5.01. The van der Waals surface area contributed by atoms with E-state index >= 15 is 0 Å². The molecule has 1 nitrogen and oxygen atoms in total. The summed E-state index contributed by atoms with van der Waals surface area (Å²) in [6, 6.07) is 0.807. The first-order valence-electron chi connectivity index (χ1n) is 9.05. The zero-order valence-electron chi connectivity index (χ0n) is 13.7. The third kappa shape index (κ3) is 6.79. The Balaban J connectivity index is 2.45. The van der Waals surface area contributed by atoms with E-state index in [4.69, 9.17) is 0 Å². The van der Waals surface area contributed by atoms with Gasteiger partial charge in [0.05, 0.1) is 0 Å². The molecule has 0 radical (unpaired) electrons. The molecule has 0 spiro atoms. The molecule has 2 atom stereocenters. The highest BCUT2D eigenvalue weighted by atomic mass is 14.9. The van der Waals surface area contributed by atoms with Gasteiger partial charge >= 0.3 is 0 Å². The molecule has 1 aliphatic carbocycles. The Labute approximate surface area is 121 Å². The minimum absolute atomic E-state index is 0.807. The molecule has 0 aliphatic heterocycles. The zero-order valence-corrected chi connectivity index (χ0v) is 13.7. The van der Waals surface area contributed by atoms with E-state index in [-0.39, 0.29) is 0 Å². The van der Waals surface area contributed by atoms with Crippen molar-refractivity contribution in [2.75, 3.05) is 6.54 Å². The lowest BCUT2D eigenvalue weighted by atomic mass is 9.79. The van der Waals surface area contributed by atoms with Crippen molar-refractivity contribution in [3.8, 4) is 0 Å². The summed E-state index contributed by atoms with van der Waals surface area (Å²) in [6.07, 6.45) is 15.7. The summed E-state index contributed by atoms with van der Waals surface area (Å²) in [5, 5.41) is 3.88. The maximum Gasteiger partial charge on any atom is 0.00979 e. The van der Waals surface area contributed by atoms with Crippen LogP contribution in [0.15, 0.2) is 0 Å². The van der Waals surface area contributed by atoms with Crippen LogP contribution in [-0.2, 0) is 0 Å². The summed E-state index contributed by atoms with van der Waals surface area (Å²) in [5.41, 5.74) is 0. The Kier molecular flexibility index (Phi) is 9.59. The van der Waals surface area contributed by atoms with E-state index in [1.54, 1.807) is 0 Å². The largest absolute Gasteiger partial charge is 0.314 e. The van der Waals surface area contributed by atoms with E-state index in [1.807, 2.05) is 0 Å². The second kappa shape index (κ2) is 10.7. The molecule has 0 heterocycles. The number of rotatable bonds is 10. The Morgan fingerprint density at radius 2 is 1.74 bits per heavy atom. The topological polar surface area (TPSA) is 12.0 Å². The lowest BCUT2D eigenvalue weighted by Gasteiger charge is -2.33. The number of unbranched alkanes of at least 4 members (excludes halogenated alkanes) is 1. The highest BCUT2D eigenvalue weighted by Gasteiger charge is 2.25. The molecule has 0 aromatic carbocycles. The second-order valence-electron chi connectivity index (χ2n) is 6.61. The molecule has 19 heavy (non-hydrogen) atoms. The van der Waals surface area contributed by atoms with Crippen LogP contribution in [0.4, 0.5) is 0 Å². The molecular weight excluding hydrogens is 230 g/mol. The van der Waals surface area contributed by atoms with Crippen LogP contribution >= 0.6 is 0 Å². The maximum absolute atomic E-state index is 3.88. The fourth-order valence-electron chi connectivity index (χ4n) is 3.65. The summed E-state index contributed by atoms with van der Waals surface area (Å²) in [7, 11) is 0. The summed E-state index contributed by atoms with van der Waals surface area (Å²) < 4.78 is 0. The van der Waals surface area contributed by atoms with Gasteiger partial charge in [-0.05, 0) is 44.1 Å². The van der Waals surface area contributed by atoms with E-state index in [2.05, 4.69) is 26.1 Å². The first-order valence-corrected chi connectivity index (χ1v) is 9.05. The first kappa shape index (κ1) is 17.0. The Bertz CT molecular complexity index is 196. The quantitative estimate of drug-likeness (QED) is 0.548. The fourth-order valence-corrected chi connectivity index (χ4v) is 3.65. The van der Waals surface area contributed by atoms with Gasteiger partial charge in [0.2, 0.25) is 0 Å². The van der Waals surface area contributed by atoms with Crippen LogP contribution in [0.5, 0.6) is 0 Å². The molecule has 1 aliphatic rings. The van der Waals surface area contributed by atoms with Gasteiger partial charge in [0.25, 0.3) is 0 Å². The van der Waals surface area contributed by atoms with Gasteiger partial charge in [-0.1, -0.05) is 65.7 Å². The monoisotopic (exact) mass is 267 g/mol. The Hall–Kier alpha value is -0.0400. The molecule has 0 aromatic heterocycles. The molecule has 1 saturated carbocycles. The van der Waals surface area contributed by atoms with Crippen molar-refractivity contribution in [1.29, 1.82) is 0 Å². The highest BCUT2D eigenvalue weighted by Crippen LogP contribution is 2.31. The van der Waals surface area contributed by atoms with Gasteiger partial charge < -0.3 is 5.32 Å². The lowest BCUT2D eigenvalue weighted by molar-refractivity contribution is 0.226. The van der Waals surface area contributed by atoms with Crippen LogP contribution in [0.2, 0.25) is 0 Å². The van der Waals surface area contributed by atoms with E-state index in [0.29, 0.717) is 0 Å². The van der Waals surface area contributed by atoms with Crippen LogP contribution in [0.25, 0.3) is 0 Å². The predicted octanol–water partition coefficient (Wildman–Crippen LogP) is 5.54. The van der Waals surface area contributed by atoms with Crippen LogP contribution in [0.1, 0.15) is 91.4 Å². The summed E-state index contributed by atoms with van der Waals surface area (Å²) in [4.78, 5) is 0. The standard InChI is InChI=1S/C18H37N/c1-4-7-11-16(6-3)15-18(19-14-5-2)17-12-9-8-10-13-17/h16-19H,4-15H2,1-3H3. The van der Waals surface area contributed by atoms with Crippen molar-refractivity contribution in [2.24, 2.45) is 11.8 Å². The summed E-state index contributed by atoms with van der Waals surface area (Å²) in [6.45, 7) is 8.21. The fraction of sp³-hybridized carbons (Fsp3) is 1.00. The highest BCUT2D eigenvalue weighted by molar-refractivity contribution is 4.81. The third-order valence-corrected chi connectivity index (χ3v) is 5.01. The number of hydrogen-bond acceptors (Lipinski definition) is 1. The summed E-state index contributed by atoms with van der Waals surface area (Å²) in [5.74, 6) is 1.92. The van der Waals surface area contributed by atoms with Gasteiger partial charge in [0.1, 0.15) is 0 Å². The van der Waals surface area contributed by atoms with Crippen molar-refractivity contribution in [3.63, 3.8) is 0 Å². The van der Waals surface area contributed by atoms with Crippen molar-refractivity contribution in [2.45, 2.75) is 97.4 Å². The molecular formula is C18H37N. The lowest BCUT2D eigenvalue weighted by Crippen LogP contribution is -2.39. The Morgan fingerprint density at radius 1 is 1.00 bits per heavy atom. The van der Waals surface area contributed by atoms with E-state index in [0.717, 1.165) is 17.9 Å². The van der Waals surface area contributed by atoms with E-state index < -0.39 is 0 Å². The molecule has 1 N–H and O–H groups in total. The molecule has 0 bridgehead atoms. The van der Waals surface area contributed by atoms with Crippen LogP contribution < -0.4 is 5.32 Å². The van der Waals surface area contributed by atoms with Crippen LogP contribution in [0.3, 0.4) is 0 Å². The van der Waals surface area contributed by atoms with E-state index in [9.17, 15) is 0 Å². The molecule has 0 amide bonds. The van der Waals surface area contributed by atoms with Gasteiger partial charge in [-0.2, -0.15) is 0 Å². The molecule has 1 heteroatoms. The molecule has 114 valence electrons. The predicted molar refractivity (Wildman–Crippen MR) is 86.6 cm³/mol. The molecule has 1 fully saturated rings. The number of nitrogens with one attached hydrogen (secondary N) is 1. The molecule has 2 unspecified atom stereocenters. The van der Waals surface area contributed by atoms with Crippen LogP contribution in [-0.4, -0.2) is 12.6 Å². The van der Waals surface area contributed by atoms with Gasteiger partial charge in [-0.15, -0.1) is 0 Å². The van der Waals surface area contributed by atoms with E-state index in [1.165, 1.54) is 77.2 Å². The van der Waals surface area contributed by atoms with Crippen LogP contribution in [0, 0.1) is 11.8 Å². The first-order chi connectivity index (χ1) is 9.31. The zero-order chi connectivity index (χ0) is 13.9.